The number of hydrogen-bond acceptors (Lipinski definition) is 5. The van der Waals surface area contributed by atoms with Gasteiger partial charge in [-0.25, -0.2) is 12.8 Å². The molecule has 2 aliphatic heterocycles. The van der Waals surface area contributed by atoms with Gasteiger partial charge in [0.15, 0.2) is 0 Å². The SMILES string of the molecule is CC(C)[C@H](N=C1NS(=O)(=O)c2ccccc21)C(=O)N1CCN(c2ccccc2F)CC1. The number of nitrogens with one attached hydrogen (secondary N) is 1. The van der Waals surface area contributed by atoms with E-state index < -0.39 is 16.1 Å². The summed E-state index contributed by atoms with van der Waals surface area (Å²) < 4.78 is 41.3. The van der Waals surface area contributed by atoms with Crippen LogP contribution in [-0.4, -0.2) is 57.3 Å². The standard InChI is InChI=1S/C22H25FN4O3S/c1-15(2)20(24-21-16-7-3-6-10-19(16)31(29,30)25-21)22(28)27-13-11-26(12-14-27)18-9-5-4-8-17(18)23/h3-10,15,20H,11-14H2,1-2H3,(H,24,25)/t20-/m0/s1. The molecule has 9 heteroatoms. The number of fused-ring (bicyclic) bond motifs is 1. The van der Waals surface area contributed by atoms with Crippen LogP contribution in [0.4, 0.5) is 10.1 Å². The molecule has 2 aromatic carbocycles. The Labute approximate surface area is 181 Å². The van der Waals surface area contributed by atoms with E-state index >= 15 is 0 Å². The van der Waals surface area contributed by atoms with Crippen LogP contribution >= 0.6 is 0 Å². The summed E-state index contributed by atoms with van der Waals surface area (Å²) in [4.78, 5) is 21.6. The molecule has 1 atom stereocenters. The highest BCUT2D eigenvalue weighted by atomic mass is 32.2. The molecule has 1 saturated heterocycles. The minimum atomic E-state index is -3.67. The number of amidine groups is 1. The summed E-state index contributed by atoms with van der Waals surface area (Å²) in [6.45, 7) is 5.70. The smallest absolute Gasteiger partial charge is 0.263 e. The van der Waals surface area contributed by atoms with Crippen molar-refractivity contribution in [1.82, 2.24) is 9.62 Å². The first-order valence-corrected chi connectivity index (χ1v) is 11.7. The van der Waals surface area contributed by atoms with Crippen LogP contribution in [0.2, 0.25) is 0 Å². The van der Waals surface area contributed by atoms with Gasteiger partial charge in [-0.3, -0.25) is 14.5 Å². The summed E-state index contributed by atoms with van der Waals surface area (Å²) in [5.74, 6) is -0.352. The highest BCUT2D eigenvalue weighted by molar-refractivity contribution is 7.90. The van der Waals surface area contributed by atoms with Crippen molar-refractivity contribution in [3.63, 3.8) is 0 Å². The van der Waals surface area contributed by atoms with Crippen LogP contribution in [0.5, 0.6) is 0 Å². The second-order valence-electron chi connectivity index (χ2n) is 8.03. The predicted molar refractivity (Wildman–Crippen MR) is 117 cm³/mol. The molecule has 0 spiro atoms. The lowest BCUT2D eigenvalue weighted by Gasteiger charge is -2.37. The Morgan fingerprint density at radius 2 is 1.68 bits per heavy atom. The Hall–Kier alpha value is -2.94. The van der Waals surface area contributed by atoms with Crippen molar-refractivity contribution in [2.24, 2.45) is 10.9 Å². The van der Waals surface area contributed by atoms with Gasteiger partial charge in [-0.2, -0.15) is 0 Å². The van der Waals surface area contributed by atoms with Crippen molar-refractivity contribution in [1.29, 1.82) is 0 Å². The molecule has 1 amide bonds. The number of carbonyl (C=O) groups is 1. The van der Waals surface area contributed by atoms with Crippen LogP contribution in [0.1, 0.15) is 19.4 Å². The number of hydrogen-bond donors (Lipinski definition) is 1. The van der Waals surface area contributed by atoms with Crippen LogP contribution in [-0.2, 0) is 14.8 Å². The number of halogens is 1. The molecule has 0 aliphatic carbocycles. The number of anilines is 1. The van der Waals surface area contributed by atoms with Gasteiger partial charge >= 0.3 is 0 Å². The van der Waals surface area contributed by atoms with Gasteiger partial charge in [0.1, 0.15) is 17.7 Å². The van der Waals surface area contributed by atoms with Gasteiger partial charge in [0.05, 0.1) is 10.6 Å². The maximum absolute atomic E-state index is 14.1. The van der Waals surface area contributed by atoms with Gasteiger partial charge in [0, 0.05) is 31.7 Å². The summed E-state index contributed by atoms with van der Waals surface area (Å²) in [5, 5.41) is 0. The molecule has 1 fully saturated rings. The average molecular weight is 445 g/mol. The maximum atomic E-state index is 14.1. The van der Waals surface area contributed by atoms with Gasteiger partial charge < -0.3 is 9.80 Å². The van der Waals surface area contributed by atoms with E-state index in [0.717, 1.165) is 0 Å². The number of carbonyl (C=O) groups excluding carboxylic acids is 1. The van der Waals surface area contributed by atoms with Gasteiger partial charge in [0.2, 0.25) is 5.91 Å². The van der Waals surface area contributed by atoms with E-state index in [4.69, 9.17) is 0 Å². The number of piperazine rings is 1. The normalized spacial score (nSPS) is 19.9. The van der Waals surface area contributed by atoms with Crippen LogP contribution in [0, 0.1) is 11.7 Å². The number of sulfonamides is 1. The topological polar surface area (TPSA) is 82.1 Å². The Bertz CT molecular complexity index is 1130. The van der Waals surface area contributed by atoms with Crippen LogP contribution in [0.3, 0.4) is 0 Å². The zero-order valence-electron chi connectivity index (χ0n) is 17.5. The maximum Gasteiger partial charge on any atom is 0.263 e. The molecular weight excluding hydrogens is 419 g/mol. The fraction of sp³-hybridized carbons (Fsp3) is 0.364. The number of rotatable bonds is 4. The van der Waals surface area contributed by atoms with Crippen LogP contribution in [0.25, 0.3) is 0 Å². The molecule has 4 rings (SSSR count). The van der Waals surface area contributed by atoms with Gasteiger partial charge in [0.25, 0.3) is 10.0 Å². The third kappa shape index (κ3) is 4.14. The van der Waals surface area contributed by atoms with Gasteiger partial charge in [-0.15, -0.1) is 0 Å². The predicted octanol–water partition coefficient (Wildman–Crippen LogP) is 2.24. The van der Waals surface area contributed by atoms with Crippen molar-refractivity contribution in [3.8, 4) is 0 Å². The third-order valence-corrected chi connectivity index (χ3v) is 7.00. The van der Waals surface area contributed by atoms with Gasteiger partial charge in [-0.05, 0) is 30.2 Å². The molecule has 0 unspecified atom stereocenters. The highest BCUT2D eigenvalue weighted by Gasteiger charge is 2.34. The molecule has 2 aromatic rings. The Kier molecular flexibility index (Phi) is 5.70. The number of nitrogens with zero attached hydrogens (tertiary/aromatic N) is 3. The number of amides is 1. The summed E-state index contributed by atoms with van der Waals surface area (Å²) in [7, 11) is -3.67. The van der Waals surface area contributed by atoms with E-state index in [2.05, 4.69) is 9.71 Å². The fourth-order valence-corrected chi connectivity index (χ4v) is 5.16. The van der Waals surface area contributed by atoms with Crippen LogP contribution in [0.15, 0.2) is 58.4 Å². The largest absolute Gasteiger partial charge is 0.366 e. The van der Waals surface area contributed by atoms with E-state index in [1.54, 1.807) is 41.3 Å². The number of aliphatic imine (C=N–C) groups is 1. The van der Waals surface area contributed by atoms with E-state index in [1.807, 2.05) is 18.7 Å². The lowest BCUT2D eigenvalue weighted by atomic mass is 10.0. The van der Waals surface area contributed by atoms with Crippen molar-refractivity contribution in [2.45, 2.75) is 24.8 Å². The van der Waals surface area contributed by atoms with E-state index in [9.17, 15) is 17.6 Å². The molecule has 7 nitrogen and oxygen atoms in total. The second-order valence-corrected chi connectivity index (χ2v) is 9.68. The Morgan fingerprint density at radius 1 is 1.03 bits per heavy atom. The second kappa shape index (κ2) is 8.30. The molecule has 1 N–H and O–H groups in total. The summed E-state index contributed by atoms with van der Waals surface area (Å²) in [6, 6.07) is 12.5. The highest BCUT2D eigenvalue weighted by Crippen LogP contribution is 2.25. The Balaban J connectivity index is 1.52. The summed E-state index contributed by atoms with van der Waals surface area (Å²) in [5.41, 5.74) is 1.01. The quantitative estimate of drug-likeness (QED) is 0.784. The first kappa shape index (κ1) is 21.3. The number of benzene rings is 2. The average Bonchev–Trinajstić information content (AvgIpc) is 3.02. The fourth-order valence-electron chi connectivity index (χ4n) is 3.92. The Morgan fingerprint density at radius 3 is 2.35 bits per heavy atom. The minimum Gasteiger partial charge on any atom is -0.366 e. The lowest BCUT2D eigenvalue weighted by Crippen LogP contribution is -2.52. The molecule has 0 aromatic heterocycles. The van der Waals surface area contributed by atoms with E-state index in [-0.39, 0.29) is 28.4 Å². The van der Waals surface area contributed by atoms with Crippen molar-refractivity contribution in [2.75, 3.05) is 31.1 Å². The molecule has 0 radical (unpaired) electrons. The number of para-hydroxylation sites is 1. The minimum absolute atomic E-state index is 0.123. The monoisotopic (exact) mass is 444 g/mol. The van der Waals surface area contributed by atoms with Gasteiger partial charge in [-0.1, -0.05) is 38.1 Å². The summed E-state index contributed by atoms with van der Waals surface area (Å²) >= 11 is 0. The molecule has 0 bridgehead atoms. The van der Waals surface area contributed by atoms with Crippen molar-refractivity contribution in [3.05, 3.63) is 59.9 Å². The molecule has 31 heavy (non-hydrogen) atoms. The first-order valence-electron chi connectivity index (χ1n) is 10.3. The first-order chi connectivity index (χ1) is 14.8. The van der Waals surface area contributed by atoms with E-state index in [1.165, 1.54) is 12.1 Å². The van der Waals surface area contributed by atoms with Crippen molar-refractivity contribution >= 4 is 27.5 Å². The summed E-state index contributed by atoms with van der Waals surface area (Å²) in [6.07, 6.45) is 0. The molecule has 0 saturated carbocycles. The molecular formula is C22H25FN4O3S. The third-order valence-electron chi connectivity index (χ3n) is 5.60. The molecule has 2 aliphatic rings. The zero-order chi connectivity index (χ0) is 22.2. The lowest BCUT2D eigenvalue weighted by molar-refractivity contribution is -0.133. The van der Waals surface area contributed by atoms with Crippen LogP contribution < -0.4 is 9.62 Å². The zero-order valence-corrected chi connectivity index (χ0v) is 18.3. The van der Waals surface area contributed by atoms with Crippen molar-refractivity contribution < 1.29 is 17.6 Å². The molecule has 164 valence electrons. The molecule has 2 heterocycles. The van der Waals surface area contributed by atoms with E-state index in [0.29, 0.717) is 37.4 Å².